The molecule has 1 aromatic rings. The Labute approximate surface area is 131 Å². The van der Waals surface area contributed by atoms with Crippen LogP contribution in [-0.4, -0.2) is 66.8 Å². The lowest BCUT2D eigenvalue weighted by atomic mass is 10.1. The van der Waals surface area contributed by atoms with Crippen molar-refractivity contribution in [2.24, 2.45) is 0 Å². The van der Waals surface area contributed by atoms with Crippen LogP contribution in [0.1, 0.15) is 24.4 Å². The molecule has 0 aromatic carbocycles. The van der Waals surface area contributed by atoms with Crippen LogP contribution in [0.4, 0.5) is 0 Å². The molecule has 0 spiro atoms. The lowest BCUT2D eigenvalue weighted by Crippen LogP contribution is -2.48. The van der Waals surface area contributed by atoms with Crippen LogP contribution >= 0.6 is 0 Å². The average molecular weight is 323 g/mol. The molecule has 0 aliphatic carbocycles. The van der Waals surface area contributed by atoms with Crippen molar-refractivity contribution < 1.29 is 13.2 Å². The maximum Gasteiger partial charge on any atom is 0.244 e. The van der Waals surface area contributed by atoms with Crippen LogP contribution in [0.3, 0.4) is 0 Å². The number of amides is 1. The second kappa shape index (κ2) is 6.34. The first-order valence-electron chi connectivity index (χ1n) is 7.70. The highest BCUT2D eigenvalue weighted by molar-refractivity contribution is 7.91. The van der Waals surface area contributed by atoms with Gasteiger partial charge in [0.2, 0.25) is 5.91 Å². The van der Waals surface area contributed by atoms with Crippen LogP contribution in [0.2, 0.25) is 0 Å². The Morgan fingerprint density at radius 3 is 2.41 bits per heavy atom. The molecule has 1 atom stereocenters. The molecule has 1 aromatic heterocycles. The van der Waals surface area contributed by atoms with Crippen molar-refractivity contribution in [2.75, 3.05) is 37.7 Å². The number of hydrogen-bond acceptors (Lipinski definition) is 5. The summed E-state index contributed by atoms with van der Waals surface area (Å²) in [5.41, 5.74) is 0.892. The van der Waals surface area contributed by atoms with Gasteiger partial charge in [0, 0.05) is 25.5 Å². The third-order valence-corrected chi connectivity index (χ3v) is 6.01. The molecule has 0 N–H and O–H groups in total. The second-order valence-corrected chi connectivity index (χ2v) is 8.21. The Morgan fingerprint density at radius 2 is 1.82 bits per heavy atom. The Morgan fingerprint density at radius 1 is 1.14 bits per heavy atom. The van der Waals surface area contributed by atoms with Crippen molar-refractivity contribution in [3.8, 4) is 0 Å². The number of rotatable bonds is 3. The fraction of sp³-hybridized carbons (Fsp3) is 0.600. The zero-order chi connectivity index (χ0) is 15.6. The van der Waals surface area contributed by atoms with Crippen LogP contribution in [0.15, 0.2) is 24.5 Å². The molecular formula is C15H21N3O3S. The van der Waals surface area contributed by atoms with Crippen LogP contribution in [0.25, 0.3) is 0 Å². The van der Waals surface area contributed by atoms with Gasteiger partial charge in [0.15, 0.2) is 9.84 Å². The average Bonchev–Trinajstić information content (AvgIpc) is 3.02. The molecule has 0 unspecified atom stereocenters. The summed E-state index contributed by atoms with van der Waals surface area (Å²) in [6, 6.07) is 3.43. The van der Waals surface area contributed by atoms with Gasteiger partial charge < -0.3 is 4.90 Å². The van der Waals surface area contributed by atoms with Crippen molar-refractivity contribution in [1.29, 1.82) is 0 Å². The first-order valence-corrected chi connectivity index (χ1v) is 9.52. The highest BCUT2D eigenvalue weighted by Gasteiger charge is 2.35. The molecule has 0 bridgehead atoms. The molecule has 2 aliphatic heterocycles. The molecule has 2 fully saturated rings. The summed E-state index contributed by atoms with van der Waals surface area (Å²) in [4.78, 5) is 21.0. The SMILES string of the molecule is O=C([C@H](c1cccnc1)N1CCCC1)N1CCS(=O)(=O)CC1. The predicted molar refractivity (Wildman–Crippen MR) is 83.0 cm³/mol. The van der Waals surface area contributed by atoms with Gasteiger partial charge >= 0.3 is 0 Å². The quantitative estimate of drug-likeness (QED) is 0.809. The highest BCUT2D eigenvalue weighted by Crippen LogP contribution is 2.27. The number of sulfone groups is 1. The summed E-state index contributed by atoms with van der Waals surface area (Å²) < 4.78 is 23.1. The van der Waals surface area contributed by atoms with E-state index in [4.69, 9.17) is 0 Å². The summed E-state index contributed by atoms with van der Waals surface area (Å²) in [5, 5.41) is 0. The molecule has 6 nitrogen and oxygen atoms in total. The molecular weight excluding hydrogens is 302 g/mol. The normalized spacial score (nSPS) is 23.4. The molecule has 0 radical (unpaired) electrons. The Kier molecular flexibility index (Phi) is 4.44. The van der Waals surface area contributed by atoms with E-state index < -0.39 is 9.84 Å². The summed E-state index contributed by atoms with van der Waals surface area (Å²) in [7, 11) is -2.98. The maximum atomic E-state index is 13.0. The zero-order valence-electron chi connectivity index (χ0n) is 12.5. The first kappa shape index (κ1) is 15.4. The number of aromatic nitrogens is 1. The Balaban J connectivity index is 1.81. The fourth-order valence-corrected chi connectivity index (χ4v) is 4.35. The number of nitrogens with zero attached hydrogens (tertiary/aromatic N) is 3. The van der Waals surface area contributed by atoms with Crippen LogP contribution in [-0.2, 0) is 14.6 Å². The molecule has 2 aliphatic rings. The minimum absolute atomic E-state index is 0.00444. The first-order chi connectivity index (χ1) is 10.6. The summed E-state index contributed by atoms with van der Waals surface area (Å²) in [6.45, 7) is 2.40. The topological polar surface area (TPSA) is 70.6 Å². The standard InChI is InChI=1S/C15H21N3O3S/c19-15(18-8-10-22(20,21)11-9-18)14(17-6-1-2-7-17)13-4-3-5-16-12-13/h3-5,12,14H,1-2,6-11H2/t14-/m0/s1. The molecule has 7 heteroatoms. The molecule has 22 heavy (non-hydrogen) atoms. The van der Waals surface area contributed by atoms with E-state index >= 15 is 0 Å². The van der Waals surface area contributed by atoms with E-state index in [0.29, 0.717) is 13.1 Å². The lowest BCUT2D eigenvalue weighted by Gasteiger charge is -2.34. The van der Waals surface area contributed by atoms with E-state index in [1.165, 1.54) is 0 Å². The molecule has 120 valence electrons. The van der Waals surface area contributed by atoms with Gasteiger partial charge in [0.25, 0.3) is 0 Å². The van der Waals surface area contributed by atoms with E-state index in [1.54, 1.807) is 17.3 Å². The molecule has 1 amide bonds. The lowest BCUT2D eigenvalue weighted by molar-refractivity contribution is -0.136. The summed E-state index contributed by atoms with van der Waals surface area (Å²) in [6.07, 6.45) is 5.63. The van der Waals surface area contributed by atoms with Gasteiger partial charge in [0.05, 0.1) is 11.5 Å². The van der Waals surface area contributed by atoms with Crippen LogP contribution in [0, 0.1) is 0 Å². The largest absolute Gasteiger partial charge is 0.339 e. The van der Waals surface area contributed by atoms with Crippen molar-refractivity contribution in [2.45, 2.75) is 18.9 Å². The van der Waals surface area contributed by atoms with Gasteiger partial charge in [-0.3, -0.25) is 14.7 Å². The fourth-order valence-electron chi connectivity index (χ4n) is 3.15. The summed E-state index contributed by atoms with van der Waals surface area (Å²) in [5.74, 6) is 0.140. The molecule has 3 heterocycles. The van der Waals surface area contributed by atoms with E-state index in [9.17, 15) is 13.2 Å². The number of carbonyl (C=O) groups excluding carboxylic acids is 1. The van der Waals surface area contributed by atoms with E-state index in [2.05, 4.69) is 9.88 Å². The zero-order valence-corrected chi connectivity index (χ0v) is 13.3. The van der Waals surface area contributed by atoms with Gasteiger partial charge in [-0.25, -0.2) is 8.42 Å². The monoisotopic (exact) mass is 323 g/mol. The van der Waals surface area contributed by atoms with Gasteiger partial charge in [-0.1, -0.05) is 6.07 Å². The van der Waals surface area contributed by atoms with Crippen molar-refractivity contribution in [3.63, 3.8) is 0 Å². The molecule has 0 saturated carbocycles. The van der Waals surface area contributed by atoms with E-state index in [1.807, 2.05) is 12.1 Å². The van der Waals surface area contributed by atoms with Gasteiger partial charge in [-0.15, -0.1) is 0 Å². The minimum atomic E-state index is -2.98. The number of hydrogen-bond donors (Lipinski definition) is 0. The smallest absolute Gasteiger partial charge is 0.244 e. The van der Waals surface area contributed by atoms with Crippen LogP contribution in [0.5, 0.6) is 0 Å². The number of pyridine rings is 1. The predicted octanol–water partition coefficient (Wildman–Crippen LogP) is 0.476. The van der Waals surface area contributed by atoms with Gasteiger partial charge in [-0.2, -0.15) is 0 Å². The van der Waals surface area contributed by atoms with Crippen molar-refractivity contribution in [1.82, 2.24) is 14.8 Å². The molecule has 2 saturated heterocycles. The highest BCUT2D eigenvalue weighted by atomic mass is 32.2. The van der Waals surface area contributed by atoms with Gasteiger partial charge in [0.1, 0.15) is 6.04 Å². The third-order valence-electron chi connectivity index (χ3n) is 4.40. The van der Waals surface area contributed by atoms with E-state index in [0.717, 1.165) is 31.5 Å². The number of carbonyl (C=O) groups is 1. The Bertz CT molecular complexity index is 613. The van der Waals surface area contributed by atoms with Crippen molar-refractivity contribution >= 4 is 15.7 Å². The molecule has 3 rings (SSSR count). The summed E-state index contributed by atoms with van der Waals surface area (Å²) >= 11 is 0. The third kappa shape index (κ3) is 3.30. The van der Waals surface area contributed by atoms with E-state index in [-0.39, 0.29) is 23.5 Å². The van der Waals surface area contributed by atoms with Crippen LogP contribution < -0.4 is 0 Å². The van der Waals surface area contributed by atoms with Crippen molar-refractivity contribution in [3.05, 3.63) is 30.1 Å². The van der Waals surface area contributed by atoms with Gasteiger partial charge in [-0.05, 0) is 37.6 Å². The minimum Gasteiger partial charge on any atom is -0.339 e. The number of likely N-dealkylation sites (tertiary alicyclic amines) is 1. The maximum absolute atomic E-state index is 13.0. The Hall–Kier alpha value is -1.47. The second-order valence-electron chi connectivity index (χ2n) is 5.91.